The molecule has 1 saturated heterocycles. The van der Waals surface area contributed by atoms with Crippen LogP contribution < -0.4 is 5.32 Å². The lowest BCUT2D eigenvalue weighted by Gasteiger charge is -2.10. The second-order valence-corrected chi connectivity index (χ2v) is 6.57. The summed E-state index contributed by atoms with van der Waals surface area (Å²) < 4.78 is 1.02. The Balaban J connectivity index is 2.05. The summed E-state index contributed by atoms with van der Waals surface area (Å²) in [4.78, 5) is 15.8. The summed E-state index contributed by atoms with van der Waals surface area (Å²) in [7, 11) is 0. The zero-order chi connectivity index (χ0) is 14.3. The summed E-state index contributed by atoms with van der Waals surface area (Å²) >= 11 is 3.59. The van der Waals surface area contributed by atoms with Gasteiger partial charge < -0.3 is 10.3 Å². The van der Waals surface area contributed by atoms with Gasteiger partial charge in [-0.25, -0.2) is 0 Å². The second-order valence-electron chi connectivity index (χ2n) is 5.78. The normalized spacial score (nSPS) is 19.1. The van der Waals surface area contributed by atoms with Gasteiger partial charge in [-0.05, 0) is 65.0 Å². The Bertz CT molecular complexity index is 654. The molecule has 4 heteroatoms. The molecule has 1 aromatic carbocycles. The van der Waals surface area contributed by atoms with Gasteiger partial charge in [0.15, 0.2) is 5.78 Å². The molecule has 20 heavy (non-hydrogen) atoms. The topological polar surface area (TPSA) is 44.9 Å². The molecular formula is C16H19BrN2O. The molecule has 3 rings (SSSR count). The molecule has 2 N–H and O–H groups in total. The minimum atomic E-state index is -0.00247. The Labute approximate surface area is 127 Å². The van der Waals surface area contributed by atoms with Crippen molar-refractivity contribution in [1.29, 1.82) is 0 Å². The molecule has 2 heterocycles. The first kappa shape index (κ1) is 13.8. The Morgan fingerprint density at radius 3 is 2.85 bits per heavy atom. The van der Waals surface area contributed by atoms with Crippen LogP contribution in [0.3, 0.4) is 0 Å². The maximum Gasteiger partial charge on any atom is 0.179 e. The molecule has 1 atom stereocenters. The summed E-state index contributed by atoms with van der Waals surface area (Å²) in [5.74, 6) is 0.629. The molecule has 1 unspecified atom stereocenters. The number of aromatic amines is 1. The van der Waals surface area contributed by atoms with Crippen molar-refractivity contribution in [3.05, 3.63) is 33.9 Å². The highest BCUT2D eigenvalue weighted by Crippen LogP contribution is 2.33. The minimum Gasteiger partial charge on any atom is -0.349 e. The number of carbonyl (C=O) groups is 1. The van der Waals surface area contributed by atoms with Crippen LogP contribution >= 0.6 is 15.9 Å². The van der Waals surface area contributed by atoms with E-state index in [2.05, 4.69) is 40.1 Å². The number of ketones is 1. The molecular weight excluding hydrogens is 316 g/mol. The van der Waals surface area contributed by atoms with Gasteiger partial charge in [-0.15, -0.1) is 0 Å². The van der Waals surface area contributed by atoms with E-state index >= 15 is 0 Å². The van der Waals surface area contributed by atoms with Crippen LogP contribution in [0.5, 0.6) is 0 Å². The zero-order valence-electron chi connectivity index (χ0n) is 11.8. The Hall–Kier alpha value is -1.13. The molecule has 0 saturated carbocycles. The smallest absolute Gasteiger partial charge is 0.179 e. The number of rotatable bonds is 3. The van der Waals surface area contributed by atoms with Crippen LogP contribution in [0.1, 0.15) is 48.5 Å². The third kappa shape index (κ3) is 2.31. The first-order chi connectivity index (χ1) is 9.58. The van der Waals surface area contributed by atoms with Crippen molar-refractivity contribution in [1.82, 2.24) is 10.3 Å². The van der Waals surface area contributed by atoms with E-state index in [0.717, 1.165) is 40.5 Å². The summed E-state index contributed by atoms with van der Waals surface area (Å²) in [6.45, 7) is 5.28. The van der Waals surface area contributed by atoms with Crippen molar-refractivity contribution in [2.75, 3.05) is 6.54 Å². The van der Waals surface area contributed by atoms with Gasteiger partial charge in [-0.3, -0.25) is 4.79 Å². The average Bonchev–Trinajstić information content (AvgIpc) is 3.03. The Morgan fingerprint density at radius 2 is 2.20 bits per heavy atom. The predicted octanol–water partition coefficient (Wildman–Crippen LogP) is 3.99. The van der Waals surface area contributed by atoms with E-state index in [1.54, 1.807) is 0 Å². The maximum absolute atomic E-state index is 12.5. The number of Topliss-reactive ketones (excluding diaryl/α,β-unsaturated/α-hetero) is 1. The van der Waals surface area contributed by atoms with Gasteiger partial charge in [-0.1, -0.05) is 13.8 Å². The van der Waals surface area contributed by atoms with Gasteiger partial charge in [0.05, 0.1) is 10.6 Å². The van der Waals surface area contributed by atoms with E-state index in [0.29, 0.717) is 5.92 Å². The molecule has 0 radical (unpaired) electrons. The third-order valence-electron chi connectivity index (χ3n) is 4.03. The van der Waals surface area contributed by atoms with E-state index in [1.165, 1.54) is 5.56 Å². The molecule has 1 aliphatic heterocycles. The molecule has 0 bridgehead atoms. The minimum absolute atomic E-state index is 0.00247. The maximum atomic E-state index is 12.5. The molecule has 1 fully saturated rings. The summed E-state index contributed by atoms with van der Waals surface area (Å²) in [6, 6.07) is 5.97. The van der Waals surface area contributed by atoms with Gasteiger partial charge >= 0.3 is 0 Å². The van der Waals surface area contributed by atoms with E-state index in [-0.39, 0.29) is 11.8 Å². The lowest BCUT2D eigenvalue weighted by Crippen LogP contribution is -2.30. The number of halogens is 1. The molecule has 3 nitrogen and oxygen atoms in total. The highest BCUT2D eigenvalue weighted by molar-refractivity contribution is 9.10. The Kier molecular flexibility index (Phi) is 3.69. The second kappa shape index (κ2) is 5.34. The quantitative estimate of drug-likeness (QED) is 0.833. The first-order valence-electron chi connectivity index (χ1n) is 7.16. The van der Waals surface area contributed by atoms with Crippen molar-refractivity contribution >= 4 is 32.6 Å². The van der Waals surface area contributed by atoms with Gasteiger partial charge in [0.1, 0.15) is 0 Å². The standard InChI is InChI=1S/C16H19BrN2O/c1-9(2)14-11-8-10(5-6-12(11)19-16(14)17)15(20)13-4-3-7-18-13/h5-6,8-9,13,18-19H,3-4,7H2,1-2H3. The highest BCUT2D eigenvalue weighted by atomic mass is 79.9. The summed E-state index contributed by atoms with van der Waals surface area (Å²) in [5.41, 5.74) is 3.14. The van der Waals surface area contributed by atoms with E-state index in [4.69, 9.17) is 0 Å². The number of benzene rings is 1. The fraction of sp³-hybridized carbons (Fsp3) is 0.438. The number of nitrogens with one attached hydrogen (secondary N) is 2. The third-order valence-corrected chi connectivity index (χ3v) is 4.65. The van der Waals surface area contributed by atoms with Gasteiger partial charge in [0, 0.05) is 16.5 Å². The predicted molar refractivity (Wildman–Crippen MR) is 85.4 cm³/mol. The van der Waals surface area contributed by atoms with Gasteiger partial charge in [-0.2, -0.15) is 0 Å². The largest absolute Gasteiger partial charge is 0.349 e. The molecule has 0 spiro atoms. The summed E-state index contributed by atoms with van der Waals surface area (Å²) in [6.07, 6.45) is 2.04. The number of aromatic nitrogens is 1. The first-order valence-corrected chi connectivity index (χ1v) is 7.96. The van der Waals surface area contributed by atoms with Crippen molar-refractivity contribution in [3.63, 3.8) is 0 Å². The molecule has 2 aromatic rings. The van der Waals surface area contributed by atoms with Gasteiger partial charge in [0.25, 0.3) is 0 Å². The Morgan fingerprint density at radius 1 is 1.40 bits per heavy atom. The fourth-order valence-corrected chi connectivity index (χ4v) is 3.89. The monoisotopic (exact) mass is 334 g/mol. The number of hydrogen-bond donors (Lipinski definition) is 2. The lowest BCUT2D eigenvalue weighted by molar-refractivity contribution is 0.0952. The van der Waals surface area contributed by atoms with Crippen LogP contribution in [0, 0.1) is 0 Å². The van der Waals surface area contributed by atoms with E-state index in [9.17, 15) is 4.79 Å². The SMILES string of the molecule is CC(C)c1c(Br)[nH]c2ccc(C(=O)C3CCCN3)cc12. The van der Waals surface area contributed by atoms with E-state index in [1.807, 2.05) is 18.2 Å². The number of fused-ring (bicyclic) bond motifs is 1. The molecule has 1 aliphatic rings. The number of H-pyrrole nitrogens is 1. The zero-order valence-corrected chi connectivity index (χ0v) is 13.4. The van der Waals surface area contributed by atoms with Crippen LogP contribution in [-0.4, -0.2) is 23.4 Å². The van der Waals surface area contributed by atoms with Crippen molar-refractivity contribution in [3.8, 4) is 0 Å². The van der Waals surface area contributed by atoms with E-state index < -0.39 is 0 Å². The van der Waals surface area contributed by atoms with Gasteiger partial charge in [0.2, 0.25) is 0 Å². The molecule has 106 valence electrons. The number of hydrogen-bond acceptors (Lipinski definition) is 2. The van der Waals surface area contributed by atoms with Crippen molar-refractivity contribution in [2.24, 2.45) is 0 Å². The number of carbonyl (C=O) groups excluding carboxylic acids is 1. The highest BCUT2D eigenvalue weighted by Gasteiger charge is 2.24. The molecule has 1 aromatic heterocycles. The summed E-state index contributed by atoms with van der Waals surface area (Å²) in [5, 5.41) is 4.43. The van der Waals surface area contributed by atoms with Crippen LogP contribution in [0.25, 0.3) is 10.9 Å². The van der Waals surface area contributed by atoms with Crippen molar-refractivity contribution in [2.45, 2.75) is 38.6 Å². The molecule has 0 amide bonds. The van der Waals surface area contributed by atoms with Crippen LogP contribution in [0.2, 0.25) is 0 Å². The molecule has 0 aliphatic carbocycles. The fourth-order valence-electron chi connectivity index (χ4n) is 3.01. The van der Waals surface area contributed by atoms with Crippen LogP contribution in [0.15, 0.2) is 22.8 Å². The van der Waals surface area contributed by atoms with Crippen LogP contribution in [-0.2, 0) is 0 Å². The van der Waals surface area contributed by atoms with Crippen molar-refractivity contribution < 1.29 is 4.79 Å². The van der Waals surface area contributed by atoms with Crippen LogP contribution in [0.4, 0.5) is 0 Å². The lowest BCUT2D eigenvalue weighted by atomic mass is 9.97. The average molecular weight is 335 g/mol.